The molecule has 0 amide bonds. The Bertz CT molecular complexity index is 407. The fraction of sp³-hybridized carbons (Fsp3) is 0.769. The van der Waals surface area contributed by atoms with Crippen LogP contribution < -0.4 is 0 Å². The van der Waals surface area contributed by atoms with Gasteiger partial charge in [-0.15, -0.1) is 0 Å². The van der Waals surface area contributed by atoms with Crippen molar-refractivity contribution < 1.29 is 38.1 Å². The van der Waals surface area contributed by atoms with E-state index < -0.39 is 48.6 Å². The average molecular weight is 304 g/mol. The summed E-state index contributed by atoms with van der Waals surface area (Å²) in [5.41, 5.74) is 0. The molecule has 1 rings (SSSR count). The first-order valence-corrected chi connectivity index (χ1v) is 6.46. The van der Waals surface area contributed by atoms with E-state index >= 15 is 0 Å². The largest absolute Gasteiger partial charge is 0.457 e. The lowest BCUT2D eigenvalue weighted by atomic mass is 9.99. The molecule has 0 aromatic rings. The van der Waals surface area contributed by atoms with Crippen molar-refractivity contribution in [3.05, 3.63) is 0 Å². The predicted octanol–water partition coefficient (Wildman–Crippen LogP) is 0.173. The molecule has 1 aliphatic rings. The normalized spacial score (nSPS) is 32.1. The van der Waals surface area contributed by atoms with E-state index in [0.717, 1.165) is 0 Å². The summed E-state index contributed by atoms with van der Waals surface area (Å²) in [5, 5.41) is 0. The molecule has 1 aliphatic heterocycles. The van der Waals surface area contributed by atoms with Gasteiger partial charge >= 0.3 is 17.9 Å². The van der Waals surface area contributed by atoms with Gasteiger partial charge in [-0.3, -0.25) is 14.4 Å². The molecule has 5 atom stereocenters. The van der Waals surface area contributed by atoms with Crippen molar-refractivity contribution >= 4 is 17.9 Å². The van der Waals surface area contributed by atoms with Crippen LogP contribution in [0.15, 0.2) is 0 Å². The lowest BCUT2D eigenvalue weighted by Crippen LogP contribution is -2.60. The molecular weight excluding hydrogens is 284 g/mol. The molecular formula is C13H20O8. The zero-order valence-electron chi connectivity index (χ0n) is 12.7. The molecule has 0 bridgehead atoms. The van der Waals surface area contributed by atoms with Crippen molar-refractivity contribution in [3.8, 4) is 0 Å². The maximum atomic E-state index is 11.2. The number of hydrogen-bond acceptors (Lipinski definition) is 8. The second-order valence-electron chi connectivity index (χ2n) is 4.67. The first kappa shape index (κ1) is 17.4. The molecule has 120 valence electrons. The highest BCUT2D eigenvalue weighted by Gasteiger charge is 2.50. The summed E-state index contributed by atoms with van der Waals surface area (Å²) in [4.78, 5) is 33.5. The van der Waals surface area contributed by atoms with Gasteiger partial charge in [0, 0.05) is 27.9 Å². The van der Waals surface area contributed by atoms with Gasteiger partial charge in [-0.05, 0) is 6.92 Å². The lowest BCUT2D eigenvalue weighted by molar-refractivity contribution is -0.293. The van der Waals surface area contributed by atoms with Crippen LogP contribution in [-0.2, 0) is 38.1 Å². The van der Waals surface area contributed by atoms with Gasteiger partial charge in [-0.25, -0.2) is 0 Å². The van der Waals surface area contributed by atoms with Crippen LogP contribution in [0.25, 0.3) is 0 Å². The third-order valence-electron chi connectivity index (χ3n) is 2.89. The van der Waals surface area contributed by atoms with Crippen molar-refractivity contribution in [2.24, 2.45) is 0 Å². The molecule has 0 N–H and O–H groups in total. The fourth-order valence-electron chi connectivity index (χ4n) is 2.17. The molecule has 0 spiro atoms. The molecule has 0 unspecified atom stereocenters. The van der Waals surface area contributed by atoms with Crippen LogP contribution in [0.4, 0.5) is 0 Å². The SMILES string of the molecule is CO[C@@H]1[C@@H](OC(C)=O)[C@H](OC(C)=O)O[C@H](C)[C@H]1OC(C)=O. The Labute approximate surface area is 122 Å². The quantitative estimate of drug-likeness (QED) is 0.535. The number of methoxy groups -OCH3 is 1. The van der Waals surface area contributed by atoms with Gasteiger partial charge < -0.3 is 23.7 Å². The highest BCUT2D eigenvalue weighted by Crippen LogP contribution is 2.28. The van der Waals surface area contributed by atoms with E-state index in [1.807, 2.05) is 0 Å². The minimum atomic E-state index is -1.13. The smallest absolute Gasteiger partial charge is 0.305 e. The van der Waals surface area contributed by atoms with Crippen molar-refractivity contribution in [3.63, 3.8) is 0 Å². The maximum Gasteiger partial charge on any atom is 0.305 e. The van der Waals surface area contributed by atoms with E-state index in [0.29, 0.717) is 0 Å². The standard InChI is InChI=1S/C13H20O8/c1-6-10(19-7(2)14)11(17-5)12(20-8(3)15)13(18-6)21-9(4)16/h6,10-13H,1-5H3/t6-,10-,11+,12-,13+/m1/s1. The highest BCUT2D eigenvalue weighted by molar-refractivity contribution is 5.67. The summed E-state index contributed by atoms with van der Waals surface area (Å²) >= 11 is 0. The van der Waals surface area contributed by atoms with Crippen LogP contribution in [0, 0.1) is 0 Å². The molecule has 0 aromatic heterocycles. The van der Waals surface area contributed by atoms with Crippen LogP contribution in [0.2, 0.25) is 0 Å². The Morgan fingerprint density at radius 2 is 1.29 bits per heavy atom. The van der Waals surface area contributed by atoms with Gasteiger partial charge in [0.25, 0.3) is 0 Å². The zero-order valence-corrected chi connectivity index (χ0v) is 12.7. The van der Waals surface area contributed by atoms with E-state index in [2.05, 4.69) is 0 Å². The Morgan fingerprint density at radius 1 is 0.810 bits per heavy atom. The van der Waals surface area contributed by atoms with E-state index in [-0.39, 0.29) is 0 Å². The number of carbonyl (C=O) groups is 3. The van der Waals surface area contributed by atoms with Crippen LogP contribution in [0.5, 0.6) is 0 Å². The third-order valence-corrected chi connectivity index (χ3v) is 2.89. The molecule has 0 aliphatic carbocycles. The van der Waals surface area contributed by atoms with Gasteiger partial charge in [-0.1, -0.05) is 0 Å². The molecule has 1 heterocycles. The second-order valence-corrected chi connectivity index (χ2v) is 4.67. The van der Waals surface area contributed by atoms with Crippen molar-refractivity contribution in [2.45, 2.75) is 58.4 Å². The maximum absolute atomic E-state index is 11.2. The van der Waals surface area contributed by atoms with Crippen molar-refractivity contribution in [2.75, 3.05) is 7.11 Å². The highest BCUT2D eigenvalue weighted by atomic mass is 16.7. The fourth-order valence-corrected chi connectivity index (χ4v) is 2.17. The Morgan fingerprint density at radius 3 is 1.71 bits per heavy atom. The minimum Gasteiger partial charge on any atom is -0.457 e. The Balaban J connectivity index is 3.02. The molecule has 0 radical (unpaired) electrons. The van der Waals surface area contributed by atoms with Crippen molar-refractivity contribution in [1.82, 2.24) is 0 Å². The summed E-state index contributed by atoms with van der Waals surface area (Å²) < 4.78 is 26.0. The number of rotatable bonds is 4. The lowest BCUT2D eigenvalue weighted by Gasteiger charge is -2.42. The van der Waals surface area contributed by atoms with Gasteiger partial charge in [0.05, 0.1) is 6.10 Å². The van der Waals surface area contributed by atoms with E-state index in [4.69, 9.17) is 23.7 Å². The summed E-state index contributed by atoms with van der Waals surface area (Å²) in [6.45, 7) is 5.30. The van der Waals surface area contributed by atoms with E-state index in [1.165, 1.54) is 27.9 Å². The minimum absolute atomic E-state index is 0.523. The molecule has 21 heavy (non-hydrogen) atoms. The number of esters is 3. The molecule has 0 saturated carbocycles. The topological polar surface area (TPSA) is 97.4 Å². The van der Waals surface area contributed by atoms with Gasteiger partial charge in [0.1, 0.15) is 6.10 Å². The molecule has 0 aromatic carbocycles. The number of ether oxygens (including phenoxy) is 5. The molecule has 1 saturated heterocycles. The number of hydrogen-bond donors (Lipinski definition) is 0. The predicted molar refractivity (Wildman–Crippen MR) is 68.0 cm³/mol. The zero-order chi connectivity index (χ0) is 16.2. The van der Waals surface area contributed by atoms with Crippen LogP contribution in [0.3, 0.4) is 0 Å². The molecule has 8 heteroatoms. The van der Waals surface area contributed by atoms with E-state index in [9.17, 15) is 14.4 Å². The van der Waals surface area contributed by atoms with E-state index in [1.54, 1.807) is 6.92 Å². The number of carbonyl (C=O) groups excluding carboxylic acids is 3. The van der Waals surface area contributed by atoms with Gasteiger partial charge in [-0.2, -0.15) is 0 Å². The summed E-state index contributed by atoms with van der Waals surface area (Å²) in [5.74, 6) is -1.71. The van der Waals surface area contributed by atoms with Gasteiger partial charge in [0.2, 0.25) is 6.29 Å². The Hall–Kier alpha value is -1.67. The van der Waals surface area contributed by atoms with Crippen LogP contribution in [-0.4, -0.2) is 55.7 Å². The summed E-state index contributed by atoms with van der Waals surface area (Å²) in [6.07, 6.45) is -4.36. The van der Waals surface area contributed by atoms with Crippen LogP contribution in [0.1, 0.15) is 27.7 Å². The van der Waals surface area contributed by atoms with Crippen LogP contribution >= 0.6 is 0 Å². The Kier molecular flexibility index (Phi) is 6.10. The average Bonchev–Trinajstić information content (AvgIpc) is 2.33. The first-order chi connectivity index (χ1) is 9.76. The monoisotopic (exact) mass is 304 g/mol. The van der Waals surface area contributed by atoms with Crippen molar-refractivity contribution in [1.29, 1.82) is 0 Å². The van der Waals surface area contributed by atoms with Gasteiger partial charge in [0.15, 0.2) is 12.2 Å². The summed E-state index contributed by atoms with van der Waals surface area (Å²) in [7, 11) is 1.38. The first-order valence-electron chi connectivity index (χ1n) is 6.46. The third kappa shape index (κ3) is 4.68. The summed E-state index contributed by atoms with van der Waals surface area (Å²) in [6, 6.07) is 0. The second kappa shape index (κ2) is 7.37. The molecule has 1 fully saturated rings. The molecule has 8 nitrogen and oxygen atoms in total.